The second-order valence-corrected chi connectivity index (χ2v) is 6.09. The Hall–Kier alpha value is -3.01. The summed E-state index contributed by atoms with van der Waals surface area (Å²) >= 11 is 0. The van der Waals surface area contributed by atoms with E-state index in [0.29, 0.717) is 13.1 Å². The average Bonchev–Trinajstić information content (AvgIpc) is 2.67. The number of nitrogens with one attached hydrogen (secondary N) is 1. The van der Waals surface area contributed by atoms with Crippen LogP contribution in [0.5, 0.6) is 0 Å². The maximum atomic E-state index is 12.4. The van der Waals surface area contributed by atoms with Gasteiger partial charge in [0.15, 0.2) is 0 Å². The van der Waals surface area contributed by atoms with Crippen LogP contribution < -0.4 is 10.2 Å². The molecule has 0 heterocycles. The molecule has 0 unspecified atom stereocenters. The third-order valence-electron chi connectivity index (χ3n) is 4.06. The number of amides is 1. The van der Waals surface area contributed by atoms with Crippen molar-refractivity contribution in [3.63, 3.8) is 0 Å². The first-order valence-electron chi connectivity index (χ1n) is 8.73. The van der Waals surface area contributed by atoms with Gasteiger partial charge in [-0.15, -0.1) is 13.2 Å². The van der Waals surface area contributed by atoms with Gasteiger partial charge in [-0.1, -0.05) is 54.6 Å². The summed E-state index contributed by atoms with van der Waals surface area (Å²) in [5, 5.41) is 3.28. The zero-order valence-electron chi connectivity index (χ0n) is 15.4. The second-order valence-electron chi connectivity index (χ2n) is 6.09. The van der Waals surface area contributed by atoms with Crippen LogP contribution in [0.3, 0.4) is 0 Å². The van der Waals surface area contributed by atoms with Crippen LogP contribution in [0.15, 0.2) is 79.9 Å². The molecule has 1 N–H and O–H groups in total. The highest BCUT2D eigenvalue weighted by Crippen LogP contribution is 2.25. The van der Waals surface area contributed by atoms with Gasteiger partial charge >= 0.3 is 0 Å². The van der Waals surface area contributed by atoms with Crippen molar-refractivity contribution in [1.29, 1.82) is 0 Å². The number of hydrogen-bond acceptors (Lipinski definition) is 3. The summed E-state index contributed by atoms with van der Waals surface area (Å²) in [4.78, 5) is 16.3. The van der Waals surface area contributed by atoms with Crippen molar-refractivity contribution in [2.45, 2.75) is 6.54 Å². The Morgan fingerprint density at radius 1 is 1.00 bits per heavy atom. The smallest absolute Gasteiger partial charge is 0.242 e. The molecule has 1 amide bonds. The molecule has 4 nitrogen and oxygen atoms in total. The minimum atomic E-state index is 0.0188. The standard InChI is InChI=1S/C22H27N3O/c1-4-15-25(16-5-2)22(26)17-23-20-13-9-10-14-21(20)24(3)18-19-11-7-6-8-12-19/h4-14,23H,1-2,15-18H2,3H3. The van der Waals surface area contributed by atoms with Crippen LogP contribution in [0, 0.1) is 0 Å². The minimum Gasteiger partial charge on any atom is -0.374 e. The lowest BCUT2D eigenvalue weighted by Crippen LogP contribution is -2.36. The van der Waals surface area contributed by atoms with Crippen LogP contribution in [0.25, 0.3) is 0 Å². The molecule has 26 heavy (non-hydrogen) atoms. The van der Waals surface area contributed by atoms with Gasteiger partial charge in [-0.25, -0.2) is 0 Å². The summed E-state index contributed by atoms with van der Waals surface area (Å²) in [6.07, 6.45) is 3.45. The zero-order chi connectivity index (χ0) is 18.8. The molecular formula is C22H27N3O. The van der Waals surface area contributed by atoms with Crippen molar-refractivity contribution >= 4 is 17.3 Å². The molecule has 2 aromatic rings. The summed E-state index contributed by atoms with van der Waals surface area (Å²) in [5.74, 6) is 0.0188. The lowest BCUT2D eigenvalue weighted by molar-refractivity contribution is -0.128. The molecule has 4 heteroatoms. The van der Waals surface area contributed by atoms with Gasteiger partial charge in [0.25, 0.3) is 0 Å². The summed E-state index contributed by atoms with van der Waals surface area (Å²) in [7, 11) is 2.05. The first-order chi connectivity index (χ1) is 12.7. The van der Waals surface area contributed by atoms with Crippen molar-refractivity contribution in [3.05, 3.63) is 85.5 Å². The number of hydrogen-bond donors (Lipinski definition) is 1. The Morgan fingerprint density at radius 2 is 1.62 bits per heavy atom. The Morgan fingerprint density at radius 3 is 2.27 bits per heavy atom. The Bertz CT molecular complexity index is 717. The molecule has 0 radical (unpaired) electrons. The van der Waals surface area contributed by atoms with Crippen LogP contribution in [-0.4, -0.2) is 37.5 Å². The van der Waals surface area contributed by atoms with E-state index in [0.717, 1.165) is 17.9 Å². The first kappa shape index (κ1) is 19.3. The van der Waals surface area contributed by atoms with Crippen LogP contribution in [0.2, 0.25) is 0 Å². The van der Waals surface area contributed by atoms with Gasteiger partial charge in [-0.2, -0.15) is 0 Å². The lowest BCUT2D eigenvalue weighted by atomic mass is 10.2. The summed E-state index contributed by atoms with van der Waals surface area (Å²) < 4.78 is 0. The predicted octanol–water partition coefficient (Wildman–Crippen LogP) is 3.94. The van der Waals surface area contributed by atoms with E-state index >= 15 is 0 Å². The Balaban J connectivity index is 2.05. The highest BCUT2D eigenvalue weighted by molar-refractivity contribution is 5.83. The van der Waals surface area contributed by atoms with E-state index in [1.807, 2.05) is 36.4 Å². The van der Waals surface area contributed by atoms with E-state index in [-0.39, 0.29) is 12.5 Å². The average molecular weight is 349 g/mol. The molecule has 2 rings (SSSR count). The fourth-order valence-corrected chi connectivity index (χ4v) is 2.77. The minimum absolute atomic E-state index is 0.0188. The van der Waals surface area contributed by atoms with Crippen LogP contribution in [-0.2, 0) is 11.3 Å². The number of benzene rings is 2. The highest BCUT2D eigenvalue weighted by Gasteiger charge is 2.12. The number of carbonyl (C=O) groups excluding carboxylic acids is 1. The monoisotopic (exact) mass is 349 g/mol. The van der Waals surface area contributed by atoms with Crippen molar-refractivity contribution in [2.24, 2.45) is 0 Å². The third-order valence-corrected chi connectivity index (χ3v) is 4.06. The van der Waals surface area contributed by atoms with E-state index in [9.17, 15) is 4.79 Å². The van der Waals surface area contributed by atoms with E-state index in [2.05, 4.69) is 48.6 Å². The van der Waals surface area contributed by atoms with Gasteiger partial charge in [0, 0.05) is 26.7 Å². The van der Waals surface area contributed by atoms with E-state index < -0.39 is 0 Å². The largest absolute Gasteiger partial charge is 0.374 e. The third kappa shape index (κ3) is 5.52. The van der Waals surface area contributed by atoms with Gasteiger partial charge < -0.3 is 15.1 Å². The number of anilines is 2. The summed E-state index contributed by atoms with van der Waals surface area (Å²) in [6.45, 7) is 9.47. The predicted molar refractivity (Wildman–Crippen MR) is 110 cm³/mol. The maximum Gasteiger partial charge on any atom is 0.242 e. The molecule has 0 bridgehead atoms. The van der Waals surface area contributed by atoms with Gasteiger partial charge in [0.2, 0.25) is 5.91 Å². The van der Waals surface area contributed by atoms with Gasteiger partial charge in [-0.3, -0.25) is 4.79 Å². The van der Waals surface area contributed by atoms with E-state index in [4.69, 9.17) is 0 Å². The molecule has 0 aliphatic rings. The Labute approximate surface area is 156 Å². The number of para-hydroxylation sites is 2. The Kier molecular flexibility index (Phi) is 7.49. The maximum absolute atomic E-state index is 12.4. The summed E-state index contributed by atoms with van der Waals surface area (Å²) in [5.41, 5.74) is 3.24. The van der Waals surface area contributed by atoms with E-state index in [1.165, 1.54) is 5.56 Å². The molecule has 0 saturated carbocycles. The topological polar surface area (TPSA) is 35.6 Å². The molecular weight excluding hydrogens is 322 g/mol. The van der Waals surface area contributed by atoms with Crippen molar-refractivity contribution in [3.8, 4) is 0 Å². The van der Waals surface area contributed by atoms with Crippen molar-refractivity contribution in [1.82, 2.24) is 4.90 Å². The fourth-order valence-electron chi connectivity index (χ4n) is 2.77. The molecule has 0 fully saturated rings. The quantitative estimate of drug-likeness (QED) is 0.660. The van der Waals surface area contributed by atoms with Crippen molar-refractivity contribution in [2.75, 3.05) is 36.9 Å². The molecule has 0 atom stereocenters. The zero-order valence-corrected chi connectivity index (χ0v) is 15.4. The van der Waals surface area contributed by atoms with Gasteiger partial charge in [-0.05, 0) is 17.7 Å². The van der Waals surface area contributed by atoms with Crippen molar-refractivity contribution < 1.29 is 4.79 Å². The highest BCUT2D eigenvalue weighted by atomic mass is 16.2. The summed E-state index contributed by atoms with van der Waals surface area (Å²) in [6, 6.07) is 18.3. The molecule has 2 aromatic carbocycles. The number of rotatable bonds is 10. The molecule has 0 spiro atoms. The number of carbonyl (C=O) groups is 1. The second kappa shape index (κ2) is 10.1. The molecule has 0 saturated heterocycles. The number of nitrogens with zero attached hydrogens (tertiary/aromatic N) is 2. The van der Waals surface area contributed by atoms with Crippen LogP contribution in [0.1, 0.15) is 5.56 Å². The molecule has 0 aliphatic heterocycles. The normalized spacial score (nSPS) is 10.0. The molecule has 0 aromatic heterocycles. The first-order valence-corrected chi connectivity index (χ1v) is 8.73. The molecule has 136 valence electrons. The SMILES string of the molecule is C=CCN(CC=C)C(=O)CNc1ccccc1N(C)Cc1ccccc1. The fraction of sp³-hybridized carbons (Fsp3) is 0.227. The van der Waals surface area contributed by atoms with Gasteiger partial charge in [0.1, 0.15) is 0 Å². The van der Waals surface area contributed by atoms with Crippen LogP contribution >= 0.6 is 0 Å². The van der Waals surface area contributed by atoms with E-state index in [1.54, 1.807) is 17.1 Å². The lowest BCUT2D eigenvalue weighted by Gasteiger charge is -2.24. The molecule has 0 aliphatic carbocycles. The van der Waals surface area contributed by atoms with Gasteiger partial charge in [0.05, 0.1) is 17.9 Å². The van der Waals surface area contributed by atoms with Crippen LogP contribution in [0.4, 0.5) is 11.4 Å².